The van der Waals surface area contributed by atoms with Crippen LogP contribution in [-0.4, -0.2) is 23.0 Å². The van der Waals surface area contributed by atoms with Crippen LogP contribution in [0, 0.1) is 0 Å². The lowest BCUT2D eigenvalue weighted by Crippen LogP contribution is -2.40. The predicted octanol–water partition coefficient (Wildman–Crippen LogP) is 2.24. The molecule has 0 saturated heterocycles. The smallest absolute Gasteiger partial charge is 0.220 e. The van der Waals surface area contributed by atoms with Crippen molar-refractivity contribution >= 4 is 30.7 Å². The number of hydrogen-bond acceptors (Lipinski definition) is 3. The zero-order valence-electron chi connectivity index (χ0n) is 11.5. The van der Waals surface area contributed by atoms with Gasteiger partial charge in [-0.2, -0.15) is 0 Å². The highest BCUT2D eigenvalue weighted by atomic mass is 35.5. The Hall–Kier alpha value is -0.840. The number of carbonyl (C=O) groups excluding carboxylic acids is 1. The zero-order valence-corrected chi connectivity index (χ0v) is 13.1. The quantitative estimate of drug-likeness (QED) is 0.894. The summed E-state index contributed by atoms with van der Waals surface area (Å²) in [5.74, 6) is 0.126. The number of halogens is 2. The summed E-state index contributed by atoms with van der Waals surface area (Å²) >= 11 is 0. The molecule has 0 unspecified atom stereocenters. The maximum Gasteiger partial charge on any atom is 0.220 e. The Morgan fingerprint density at radius 3 is 2.55 bits per heavy atom. The maximum absolute atomic E-state index is 11.8. The number of aryl methyl sites for hydroxylation is 1. The lowest BCUT2D eigenvalue weighted by Gasteiger charge is -2.26. The fourth-order valence-electron chi connectivity index (χ4n) is 2.35. The Kier molecular flexibility index (Phi) is 9.55. The molecule has 1 aromatic heterocycles. The van der Waals surface area contributed by atoms with E-state index in [2.05, 4.69) is 10.3 Å². The highest BCUT2D eigenvalue weighted by Gasteiger charge is 2.19. The monoisotopic (exact) mass is 319 g/mol. The van der Waals surface area contributed by atoms with Gasteiger partial charge < -0.3 is 11.1 Å². The van der Waals surface area contributed by atoms with Crippen LogP contribution in [-0.2, 0) is 11.2 Å². The summed E-state index contributed by atoms with van der Waals surface area (Å²) in [5, 5.41) is 3.09. The largest absolute Gasteiger partial charge is 0.353 e. The minimum Gasteiger partial charge on any atom is -0.353 e. The molecule has 0 spiro atoms. The average Bonchev–Trinajstić information content (AvgIpc) is 2.40. The lowest BCUT2D eigenvalue weighted by atomic mass is 9.92. The van der Waals surface area contributed by atoms with E-state index in [1.54, 1.807) is 6.20 Å². The standard InChI is InChI=1S/C14H21N3O.2ClH/c15-11-4-6-13(7-5-11)17-14(18)9-8-12-3-1-2-10-16-12;;/h1-3,10-11,13H,4-9,15H2,(H,17,18);2*1H. The molecule has 1 heterocycles. The summed E-state index contributed by atoms with van der Waals surface area (Å²) in [6, 6.07) is 6.43. The van der Waals surface area contributed by atoms with E-state index >= 15 is 0 Å². The maximum atomic E-state index is 11.8. The molecular formula is C14H23Cl2N3O. The van der Waals surface area contributed by atoms with Gasteiger partial charge in [0.1, 0.15) is 0 Å². The molecule has 0 atom stereocenters. The summed E-state index contributed by atoms with van der Waals surface area (Å²) < 4.78 is 0. The normalized spacial score (nSPS) is 21.2. The molecule has 114 valence electrons. The van der Waals surface area contributed by atoms with Crippen molar-refractivity contribution in [3.8, 4) is 0 Å². The van der Waals surface area contributed by atoms with Crippen molar-refractivity contribution < 1.29 is 4.79 Å². The van der Waals surface area contributed by atoms with Gasteiger partial charge in [0.2, 0.25) is 5.91 Å². The Bertz CT molecular complexity index is 381. The van der Waals surface area contributed by atoms with Crippen LogP contribution in [0.1, 0.15) is 37.8 Å². The molecule has 4 nitrogen and oxygen atoms in total. The molecule has 0 radical (unpaired) electrons. The fraction of sp³-hybridized carbons (Fsp3) is 0.571. The van der Waals surface area contributed by atoms with Gasteiger partial charge in [-0.05, 0) is 44.2 Å². The highest BCUT2D eigenvalue weighted by Crippen LogP contribution is 2.17. The van der Waals surface area contributed by atoms with E-state index in [0.29, 0.717) is 24.9 Å². The molecule has 3 N–H and O–H groups in total. The molecule has 0 aromatic carbocycles. The van der Waals surface area contributed by atoms with Crippen molar-refractivity contribution in [2.45, 2.75) is 50.6 Å². The molecule has 1 fully saturated rings. The second-order valence-electron chi connectivity index (χ2n) is 5.00. The third kappa shape index (κ3) is 6.55. The van der Waals surface area contributed by atoms with Gasteiger partial charge in [-0.25, -0.2) is 0 Å². The topological polar surface area (TPSA) is 68.0 Å². The third-order valence-electron chi connectivity index (χ3n) is 3.47. The van der Waals surface area contributed by atoms with E-state index in [4.69, 9.17) is 5.73 Å². The number of hydrogen-bond donors (Lipinski definition) is 2. The number of carbonyl (C=O) groups is 1. The first kappa shape index (κ1) is 19.2. The molecule has 2 rings (SSSR count). The van der Waals surface area contributed by atoms with Crippen molar-refractivity contribution in [3.05, 3.63) is 30.1 Å². The van der Waals surface area contributed by atoms with Gasteiger partial charge in [0, 0.05) is 30.4 Å². The first-order valence-corrected chi connectivity index (χ1v) is 6.69. The Morgan fingerprint density at radius 1 is 1.25 bits per heavy atom. The minimum atomic E-state index is 0. The lowest BCUT2D eigenvalue weighted by molar-refractivity contribution is -0.122. The van der Waals surface area contributed by atoms with Crippen LogP contribution in [0.2, 0.25) is 0 Å². The van der Waals surface area contributed by atoms with Crippen LogP contribution in [0.5, 0.6) is 0 Å². The van der Waals surface area contributed by atoms with E-state index < -0.39 is 0 Å². The zero-order chi connectivity index (χ0) is 12.8. The van der Waals surface area contributed by atoms with Gasteiger partial charge in [-0.3, -0.25) is 9.78 Å². The number of aromatic nitrogens is 1. The number of amides is 1. The van der Waals surface area contributed by atoms with Crippen molar-refractivity contribution in [2.24, 2.45) is 5.73 Å². The molecule has 1 amide bonds. The summed E-state index contributed by atoms with van der Waals surface area (Å²) in [4.78, 5) is 16.0. The van der Waals surface area contributed by atoms with Crippen molar-refractivity contribution in [3.63, 3.8) is 0 Å². The van der Waals surface area contributed by atoms with Gasteiger partial charge >= 0.3 is 0 Å². The van der Waals surface area contributed by atoms with E-state index in [1.807, 2.05) is 18.2 Å². The van der Waals surface area contributed by atoms with Gasteiger partial charge in [0.05, 0.1) is 0 Å². The van der Waals surface area contributed by atoms with E-state index in [9.17, 15) is 4.79 Å². The second kappa shape index (κ2) is 9.97. The van der Waals surface area contributed by atoms with Crippen molar-refractivity contribution in [2.75, 3.05) is 0 Å². The highest BCUT2D eigenvalue weighted by molar-refractivity contribution is 5.85. The van der Waals surface area contributed by atoms with Crippen LogP contribution in [0.4, 0.5) is 0 Å². The Labute approximate surface area is 132 Å². The molecule has 20 heavy (non-hydrogen) atoms. The molecular weight excluding hydrogens is 297 g/mol. The second-order valence-corrected chi connectivity index (χ2v) is 5.00. The first-order chi connectivity index (χ1) is 8.74. The van der Waals surface area contributed by atoms with E-state index in [0.717, 1.165) is 31.4 Å². The first-order valence-electron chi connectivity index (χ1n) is 6.69. The molecule has 1 aliphatic carbocycles. The molecule has 6 heteroatoms. The van der Waals surface area contributed by atoms with Gasteiger partial charge in [-0.15, -0.1) is 24.8 Å². The fourth-order valence-corrected chi connectivity index (χ4v) is 2.35. The molecule has 0 bridgehead atoms. The van der Waals surface area contributed by atoms with Gasteiger partial charge in [0.25, 0.3) is 0 Å². The predicted molar refractivity (Wildman–Crippen MR) is 85.4 cm³/mol. The van der Waals surface area contributed by atoms with Gasteiger partial charge in [0.15, 0.2) is 0 Å². The Balaban J connectivity index is 0.00000180. The number of rotatable bonds is 4. The summed E-state index contributed by atoms with van der Waals surface area (Å²) in [5.41, 5.74) is 6.81. The number of nitrogens with zero attached hydrogens (tertiary/aromatic N) is 1. The average molecular weight is 320 g/mol. The number of nitrogens with one attached hydrogen (secondary N) is 1. The van der Waals surface area contributed by atoms with Crippen molar-refractivity contribution in [1.82, 2.24) is 10.3 Å². The molecule has 1 saturated carbocycles. The summed E-state index contributed by atoms with van der Waals surface area (Å²) in [6.45, 7) is 0. The minimum absolute atomic E-state index is 0. The van der Waals surface area contributed by atoms with Crippen LogP contribution in [0.3, 0.4) is 0 Å². The van der Waals surface area contributed by atoms with E-state index in [-0.39, 0.29) is 30.7 Å². The Morgan fingerprint density at radius 2 is 1.95 bits per heavy atom. The molecule has 1 aromatic rings. The summed E-state index contributed by atoms with van der Waals surface area (Å²) in [7, 11) is 0. The van der Waals surface area contributed by atoms with Crippen LogP contribution in [0.15, 0.2) is 24.4 Å². The third-order valence-corrected chi connectivity index (χ3v) is 3.47. The van der Waals surface area contributed by atoms with E-state index in [1.165, 1.54) is 0 Å². The van der Waals surface area contributed by atoms with Crippen LogP contribution >= 0.6 is 24.8 Å². The van der Waals surface area contributed by atoms with Crippen molar-refractivity contribution in [1.29, 1.82) is 0 Å². The van der Waals surface area contributed by atoms with Gasteiger partial charge in [-0.1, -0.05) is 6.07 Å². The van der Waals surface area contributed by atoms with Crippen LogP contribution < -0.4 is 11.1 Å². The summed E-state index contributed by atoms with van der Waals surface area (Å²) in [6.07, 6.45) is 7.04. The number of nitrogens with two attached hydrogens (primary N) is 1. The molecule has 0 aliphatic heterocycles. The van der Waals surface area contributed by atoms with Crippen LogP contribution in [0.25, 0.3) is 0 Å². The SMILES string of the molecule is Cl.Cl.NC1CCC(NC(=O)CCc2ccccn2)CC1. The molecule has 1 aliphatic rings. The number of pyridine rings is 1.